The monoisotopic (exact) mass is 319 g/mol. The Morgan fingerprint density at radius 3 is 2.83 bits per heavy atom. The maximum absolute atomic E-state index is 12.4. The van der Waals surface area contributed by atoms with Gasteiger partial charge < -0.3 is 10.1 Å². The molecule has 2 N–H and O–H groups in total. The third-order valence-electron chi connectivity index (χ3n) is 4.17. The number of aromatic nitrogens is 4. The Balaban J connectivity index is 1.91. The molecule has 0 amide bonds. The number of nitrogens with zero attached hydrogens (tertiary/aromatic N) is 3. The van der Waals surface area contributed by atoms with Crippen LogP contribution >= 0.6 is 0 Å². The van der Waals surface area contributed by atoms with E-state index in [9.17, 15) is 4.79 Å². The van der Waals surface area contributed by atoms with Gasteiger partial charge in [-0.05, 0) is 19.3 Å². The Labute approximate surface area is 135 Å². The Hall–Kier alpha value is -1.89. The number of fused-ring (bicyclic) bond motifs is 1. The van der Waals surface area contributed by atoms with Gasteiger partial charge in [-0.1, -0.05) is 20.8 Å². The van der Waals surface area contributed by atoms with E-state index in [-0.39, 0.29) is 17.1 Å². The number of anilines is 1. The van der Waals surface area contributed by atoms with E-state index < -0.39 is 0 Å². The van der Waals surface area contributed by atoms with Gasteiger partial charge in [-0.3, -0.25) is 14.5 Å². The molecule has 0 bridgehead atoms. The summed E-state index contributed by atoms with van der Waals surface area (Å²) >= 11 is 0. The molecule has 0 spiro atoms. The average molecular weight is 319 g/mol. The first-order valence-electron chi connectivity index (χ1n) is 8.19. The summed E-state index contributed by atoms with van der Waals surface area (Å²) in [7, 11) is 1.78. The van der Waals surface area contributed by atoms with E-state index in [1.807, 2.05) is 0 Å². The molecule has 2 aromatic heterocycles. The lowest BCUT2D eigenvalue weighted by molar-refractivity contribution is 0.0246. The molecule has 1 fully saturated rings. The second kappa shape index (κ2) is 5.96. The summed E-state index contributed by atoms with van der Waals surface area (Å²) in [4.78, 5) is 19.8. The molecule has 2 aromatic rings. The average Bonchev–Trinajstić information content (AvgIpc) is 2.84. The van der Waals surface area contributed by atoms with Crippen molar-refractivity contribution in [1.82, 2.24) is 19.7 Å². The van der Waals surface area contributed by atoms with Crippen LogP contribution in [0.5, 0.6) is 0 Å². The van der Waals surface area contributed by atoms with Crippen molar-refractivity contribution in [1.29, 1.82) is 0 Å². The molecule has 23 heavy (non-hydrogen) atoms. The summed E-state index contributed by atoms with van der Waals surface area (Å²) in [6, 6.07) is 0. The molecule has 7 heteroatoms. The molecule has 0 radical (unpaired) electrons. The Kier molecular flexibility index (Phi) is 4.14. The molecule has 1 unspecified atom stereocenters. The van der Waals surface area contributed by atoms with Gasteiger partial charge in [0.15, 0.2) is 5.52 Å². The van der Waals surface area contributed by atoms with Gasteiger partial charge in [0, 0.05) is 25.6 Å². The SMILES string of the molecule is Cn1nc(C(C)(C)C)c2nc(NCC3CCCCO3)[nH]c(=O)c21. The summed E-state index contributed by atoms with van der Waals surface area (Å²) in [5.41, 5.74) is 1.65. The maximum atomic E-state index is 12.4. The van der Waals surface area contributed by atoms with Crippen molar-refractivity contribution < 1.29 is 4.74 Å². The predicted octanol–water partition coefficient (Wildman–Crippen LogP) is 1.94. The standard InChI is InChI=1S/C16H25N5O2/c1-16(2,3)13-11-12(21(4)20-13)14(22)19-15(18-11)17-9-10-7-5-6-8-23-10/h10H,5-9H2,1-4H3,(H2,17,18,19,22). The first-order valence-corrected chi connectivity index (χ1v) is 8.19. The van der Waals surface area contributed by atoms with Gasteiger partial charge >= 0.3 is 0 Å². The summed E-state index contributed by atoms with van der Waals surface area (Å²) in [6.45, 7) is 7.67. The third kappa shape index (κ3) is 3.24. The minimum Gasteiger partial charge on any atom is -0.376 e. The minimum atomic E-state index is -0.177. The molecular weight excluding hydrogens is 294 g/mol. The summed E-state index contributed by atoms with van der Waals surface area (Å²) in [5, 5.41) is 7.70. The van der Waals surface area contributed by atoms with Crippen LogP contribution in [0, 0.1) is 0 Å². The van der Waals surface area contributed by atoms with Crippen LogP contribution in [0.4, 0.5) is 5.95 Å². The van der Waals surface area contributed by atoms with E-state index in [1.165, 1.54) is 6.42 Å². The fourth-order valence-electron chi connectivity index (χ4n) is 2.95. The van der Waals surface area contributed by atoms with Crippen molar-refractivity contribution >= 4 is 17.0 Å². The van der Waals surface area contributed by atoms with Crippen LogP contribution < -0.4 is 10.9 Å². The van der Waals surface area contributed by atoms with Crippen LogP contribution in [0.3, 0.4) is 0 Å². The number of H-pyrrole nitrogens is 1. The molecule has 1 aliphatic rings. The van der Waals surface area contributed by atoms with Crippen molar-refractivity contribution in [2.45, 2.75) is 51.6 Å². The number of aromatic amines is 1. The van der Waals surface area contributed by atoms with Gasteiger partial charge in [-0.15, -0.1) is 0 Å². The fourth-order valence-corrected chi connectivity index (χ4v) is 2.95. The number of nitrogens with one attached hydrogen (secondary N) is 2. The van der Waals surface area contributed by atoms with Gasteiger partial charge in [-0.2, -0.15) is 5.10 Å². The van der Waals surface area contributed by atoms with Gasteiger partial charge in [0.1, 0.15) is 5.52 Å². The number of hydrogen-bond donors (Lipinski definition) is 2. The van der Waals surface area contributed by atoms with Gasteiger partial charge in [0.2, 0.25) is 5.95 Å². The van der Waals surface area contributed by atoms with Crippen LogP contribution in [0.1, 0.15) is 45.7 Å². The molecular formula is C16H25N5O2. The zero-order valence-electron chi connectivity index (χ0n) is 14.3. The maximum Gasteiger partial charge on any atom is 0.278 e. The highest BCUT2D eigenvalue weighted by Crippen LogP contribution is 2.26. The van der Waals surface area contributed by atoms with Crippen LogP contribution in [0.25, 0.3) is 11.0 Å². The summed E-state index contributed by atoms with van der Waals surface area (Å²) in [6.07, 6.45) is 3.54. The van der Waals surface area contributed by atoms with Crippen molar-refractivity contribution in [3.05, 3.63) is 16.0 Å². The zero-order chi connectivity index (χ0) is 16.6. The number of hydrogen-bond acceptors (Lipinski definition) is 5. The van der Waals surface area contributed by atoms with E-state index in [4.69, 9.17) is 4.74 Å². The fraction of sp³-hybridized carbons (Fsp3) is 0.688. The Bertz CT molecular complexity index is 750. The minimum absolute atomic E-state index is 0.174. The highest BCUT2D eigenvalue weighted by Gasteiger charge is 2.25. The van der Waals surface area contributed by atoms with Crippen LogP contribution in [-0.4, -0.2) is 39.0 Å². The van der Waals surface area contributed by atoms with E-state index in [2.05, 4.69) is 41.2 Å². The first-order chi connectivity index (χ1) is 10.9. The molecule has 0 saturated carbocycles. The second-order valence-corrected chi connectivity index (χ2v) is 7.20. The smallest absolute Gasteiger partial charge is 0.278 e. The summed E-state index contributed by atoms with van der Waals surface area (Å²) in [5.74, 6) is 0.482. The van der Waals surface area contributed by atoms with Crippen LogP contribution in [0.15, 0.2) is 4.79 Å². The Morgan fingerprint density at radius 1 is 1.39 bits per heavy atom. The second-order valence-electron chi connectivity index (χ2n) is 7.20. The van der Waals surface area contributed by atoms with E-state index in [1.54, 1.807) is 11.7 Å². The molecule has 1 aliphatic heterocycles. The van der Waals surface area contributed by atoms with Crippen molar-refractivity contribution in [2.75, 3.05) is 18.5 Å². The van der Waals surface area contributed by atoms with Gasteiger partial charge in [0.05, 0.1) is 11.8 Å². The lowest BCUT2D eigenvalue weighted by atomic mass is 9.91. The molecule has 0 aliphatic carbocycles. The molecule has 7 nitrogen and oxygen atoms in total. The molecule has 1 atom stereocenters. The highest BCUT2D eigenvalue weighted by molar-refractivity contribution is 5.78. The van der Waals surface area contributed by atoms with Crippen molar-refractivity contribution in [3.8, 4) is 0 Å². The van der Waals surface area contributed by atoms with Crippen molar-refractivity contribution in [3.63, 3.8) is 0 Å². The van der Waals surface area contributed by atoms with Crippen molar-refractivity contribution in [2.24, 2.45) is 7.05 Å². The number of rotatable bonds is 3. The van der Waals surface area contributed by atoms with E-state index in [0.717, 1.165) is 25.1 Å². The zero-order valence-corrected chi connectivity index (χ0v) is 14.3. The Morgan fingerprint density at radius 2 is 2.17 bits per heavy atom. The number of ether oxygens (including phenoxy) is 1. The van der Waals surface area contributed by atoms with Gasteiger partial charge in [-0.25, -0.2) is 4.98 Å². The van der Waals surface area contributed by atoms with Crippen LogP contribution in [-0.2, 0) is 17.2 Å². The summed E-state index contributed by atoms with van der Waals surface area (Å²) < 4.78 is 7.31. The van der Waals surface area contributed by atoms with E-state index in [0.29, 0.717) is 23.5 Å². The third-order valence-corrected chi connectivity index (χ3v) is 4.17. The largest absolute Gasteiger partial charge is 0.376 e. The van der Waals surface area contributed by atoms with Crippen LogP contribution in [0.2, 0.25) is 0 Å². The quantitative estimate of drug-likeness (QED) is 0.903. The predicted molar refractivity (Wildman–Crippen MR) is 89.9 cm³/mol. The van der Waals surface area contributed by atoms with Gasteiger partial charge in [0.25, 0.3) is 5.56 Å². The molecule has 1 saturated heterocycles. The molecule has 0 aromatic carbocycles. The van der Waals surface area contributed by atoms with E-state index >= 15 is 0 Å². The molecule has 126 valence electrons. The highest BCUT2D eigenvalue weighted by atomic mass is 16.5. The molecule has 3 rings (SSSR count). The lowest BCUT2D eigenvalue weighted by Crippen LogP contribution is -2.28. The topological polar surface area (TPSA) is 84.8 Å². The molecule has 3 heterocycles. The normalized spacial score (nSPS) is 19.2. The lowest BCUT2D eigenvalue weighted by Gasteiger charge is -2.22. The number of aryl methyl sites for hydroxylation is 1. The first kappa shape index (κ1) is 16.0.